The third kappa shape index (κ3) is 9.99. The van der Waals surface area contributed by atoms with Crippen molar-refractivity contribution >= 4 is 17.3 Å². The van der Waals surface area contributed by atoms with Gasteiger partial charge in [-0.25, -0.2) is 0 Å². The van der Waals surface area contributed by atoms with Crippen LogP contribution in [0.5, 0.6) is 0 Å². The van der Waals surface area contributed by atoms with Crippen LogP contribution in [0.4, 0.5) is 0 Å². The summed E-state index contributed by atoms with van der Waals surface area (Å²) in [6, 6.07) is 4.41. The molecule has 1 aromatic rings. The smallest absolute Gasteiger partial charge is 0.303 e. The lowest BCUT2D eigenvalue weighted by Gasteiger charge is -2.08. The van der Waals surface area contributed by atoms with Crippen LogP contribution in [0, 0.1) is 0 Å². The van der Waals surface area contributed by atoms with Gasteiger partial charge in [-0.05, 0) is 30.2 Å². The Hall–Kier alpha value is -0.830. The highest BCUT2D eigenvalue weighted by molar-refractivity contribution is 7.10. The van der Waals surface area contributed by atoms with Crippen LogP contribution in [-0.2, 0) is 4.79 Å². The molecule has 3 heteroatoms. The Morgan fingerprint density at radius 3 is 2.05 bits per heavy atom. The lowest BCUT2D eigenvalue weighted by Crippen LogP contribution is -1.93. The van der Waals surface area contributed by atoms with Gasteiger partial charge in [-0.15, -0.1) is 11.3 Å². The molecule has 1 rings (SSSR count). The van der Waals surface area contributed by atoms with Crippen molar-refractivity contribution < 1.29 is 9.90 Å². The predicted octanol–water partition coefficient (Wildman–Crippen LogP) is 6.62. The van der Waals surface area contributed by atoms with E-state index in [0.717, 1.165) is 18.8 Å². The second-order valence-corrected chi connectivity index (χ2v) is 7.36. The highest BCUT2D eigenvalue weighted by Gasteiger charge is 2.05. The van der Waals surface area contributed by atoms with Crippen LogP contribution in [0.1, 0.15) is 94.8 Å². The summed E-state index contributed by atoms with van der Waals surface area (Å²) in [6.07, 6.45) is 14.2. The van der Waals surface area contributed by atoms with Crippen molar-refractivity contribution in [1.82, 2.24) is 0 Å². The van der Waals surface area contributed by atoms with Crippen LogP contribution in [0.25, 0.3) is 0 Å². The number of rotatable bonds is 14. The first-order valence-corrected chi connectivity index (χ1v) is 9.83. The molecule has 0 aliphatic heterocycles. The van der Waals surface area contributed by atoms with Crippen molar-refractivity contribution in [2.75, 3.05) is 0 Å². The Morgan fingerprint density at radius 1 is 1.00 bits per heavy atom. The maximum atomic E-state index is 10.4. The number of hydrogen-bond acceptors (Lipinski definition) is 2. The zero-order valence-electron chi connectivity index (χ0n) is 14.1. The average molecular weight is 325 g/mol. The van der Waals surface area contributed by atoms with Gasteiger partial charge in [0.25, 0.3) is 0 Å². The molecule has 1 atom stereocenters. The summed E-state index contributed by atoms with van der Waals surface area (Å²) in [7, 11) is 0. The number of carboxylic acids is 1. The summed E-state index contributed by atoms with van der Waals surface area (Å²) in [5, 5.41) is 10.7. The zero-order valence-corrected chi connectivity index (χ0v) is 14.9. The summed E-state index contributed by atoms with van der Waals surface area (Å²) in [6.45, 7) is 2.34. The largest absolute Gasteiger partial charge is 0.481 e. The SMILES string of the molecule is CC(CCCCCCCCCCCCC(=O)O)c1cccs1. The molecule has 0 bridgehead atoms. The molecule has 0 saturated carbocycles. The second-order valence-electron chi connectivity index (χ2n) is 6.38. The molecule has 1 N–H and O–H groups in total. The summed E-state index contributed by atoms with van der Waals surface area (Å²) in [5.74, 6) is 0.0687. The van der Waals surface area contributed by atoms with E-state index in [2.05, 4.69) is 24.4 Å². The van der Waals surface area contributed by atoms with Crippen LogP contribution < -0.4 is 0 Å². The molecule has 0 fully saturated rings. The molecule has 0 radical (unpaired) electrons. The topological polar surface area (TPSA) is 37.3 Å². The van der Waals surface area contributed by atoms with Gasteiger partial charge in [-0.1, -0.05) is 70.8 Å². The van der Waals surface area contributed by atoms with Crippen LogP contribution in [0.3, 0.4) is 0 Å². The van der Waals surface area contributed by atoms with Gasteiger partial charge in [0, 0.05) is 11.3 Å². The standard InChI is InChI=1S/C19H32O2S/c1-17(18-14-12-16-22-18)13-10-8-6-4-2-3-5-7-9-11-15-19(20)21/h12,14,16-17H,2-11,13,15H2,1H3,(H,20,21). The maximum absolute atomic E-state index is 10.4. The first-order valence-electron chi connectivity index (χ1n) is 8.95. The lowest BCUT2D eigenvalue weighted by atomic mass is 10.00. The van der Waals surface area contributed by atoms with Gasteiger partial charge in [0.1, 0.15) is 0 Å². The summed E-state index contributed by atoms with van der Waals surface area (Å²) in [4.78, 5) is 11.9. The van der Waals surface area contributed by atoms with E-state index in [1.165, 1.54) is 62.7 Å². The highest BCUT2D eigenvalue weighted by atomic mass is 32.1. The monoisotopic (exact) mass is 324 g/mol. The van der Waals surface area contributed by atoms with E-state index in [-0.39, 0.29) is 0 Å². The Morgan fingerprint density at radius 2 is 1.55 bits per heavy atom. The molecule has 1 aromatic heterocycles. The van der Waals surface area contributed by atoms with Gasteiger partial charge in [-0.3, -0.25) is 4.79 Å². The first kappa shape index (κ1) is 19.2. The fourth-order valence-electron chi connectivity index (χ4n) is 2.85. The van der Waals surface area contributed by atoms with E-state index in [9.17, 15) is 4.79 Å². The fraction of sp³-hybridized carbons (Fsp3) is 0.737. The van der Waals surface area contributed by atoms with Gasteiger partial charge >= 0.3 is 5.97 Å². The quantitative estimate of drug-likeness (QED) is 0.390. The van der Waals surface area contributed by atoms with Crippen molar-refractivity contribution in [1.29, 1.82) is 0 Å². The first-order chi connectivity index (χ1) is 10.7. The van der Waals surface area contributed by atoms with Crippen LogP contribution in [-0.4, -0.2) is 11.1 Å². The maximum Gasteiger partial charge on any atom is 0.303 e. The van der Waals surface area contributed by atoms with Gasteiger partial charge in [-0.2, -0.15) is 0 Å². The predicted molar refractivity (Wildman–Crippen MR) is 95.8 cm³/mol. The molecule has 2 nitrogen and oxygen atoms in total. The average Bonchev–Trinajstić information content (AvgIpc) is 3.02. The van der Waals surface area contributed by atoms with Crippen LogP contribution in [0.2, 0.25) is 0 Å². The molecule has 1 unspecified atom stereocenters. The van der Waals surface area contributed by atoms with Crippen molar-refractivity contribution in [3.63, 3.8) is 0 Å². The summed E-state index contributed by atoms with van der Waals surface area (Å²) in [5.41, 5.74) is 0. The number of aliphatic carboxylic acids is 1. The Kier molecular flexibility index (Phi) is 11.1. The molecule has 0 spiro atoms. The number of carbonyl (C=O) groups is 1. The van der Waals surface area contributed by atoms with Crippen molar-refractivity contribution in [3.05, 3.63) is 22.4 Å². The van der Waals surface area contributed by atoms with E-state index < -0.39 is 5.97 Å². The zero-order chi connectivity index (χ0) is 16.0. The normalized spacial score (nSPS) is 12.4. The lowest BCUT2D eigenvalue weighted by molar-refractivity contribution is -0.137. The molecule has 0 aliphatic rings. The molecule has 0 aromatic carbocycles. The Balaban J connectivity index is 1.79. The molecule has 0 saturated heterocycles. The molecule has 0 aliphatic carbocycles. The van der Waals surface area contributed by atoms with Gasteiger partial charge in [0.15, 0.2) is 0 Å². The van der Waals surface area contributed by atoms with Crippen molar-refractivity contribution in [2.24, 2.45) is 0 Å². The molecular formula is C19H32O2S. The highest BCUT2D eigenvalue weighted by Crippen LogP contribution is 2.25. The minimum atomic E-state index is -0.659. The Labute approximate surface area is 140 Å². The second kappa shape index (κ2) is 12.7. The third-order valence-electron chi connectivity index (χ3n) is 4.31. The van der Waals surface area contributed by atoms with Gasteiger partial charge < -0.3 is 5.11 Å². The summed E-state index contributed by atoms with van der Waals surface area (Å²) >= 11 is 1.88. The number of unbranched alkanes of at least 4 members (excludes halogenated alkanes) is 9. The van der Waals surface area contributed by atoms with E-state index >= 15 is 0 Å². The minimum Gasteiger partial charge on any atom is -0.481 e. The molecule has 1 heterocycles. The summed E-state index contributed by atoms with van der Waals surface area (Å²) < 4.78 is 0. The van der Waals surface area contributed by atoms with Crippen molar-refractivity contribution in [3.8, 4) is 0 Å². The number of thiophene rings is 1. The van der Waals surface area contributed by atoms with E-state index in [0.29, 0.717) is 6.42 Å². The number of hydrogen-bond donors (Lipinski definition) is 1. The molecule has 22 heavy (non-hydrogen) atoms. The van der Waals surface area contributed by atoms with Crippen molar-refractivity contribution in [2.45, 2.75) is 89.9 Å². The molecular weight excluding hydrogens is 292 g/mol. The van der Waals surface area contributed by atoms with E-state index in [1.54, 1.807) is 0 Å². The fourth-order valence-corrected chi connectivity index (χ4v) is 3.68. The third-order valence-corrected chi connectivity index (χ3v) is 5.41. The molecule has 0 amide bonds. The van der Waals surface area contributed by atoms with E-state index in [1.807, 2.05) is 11.3 Å². The van der Waals surface area contributed by atoms with Crippen LogP contribution >= 0.6 is 11.3 Å². The van der Waals surface area contributed by atoms with Gasteiger partial charge in [0.05, 0.1) is 0 Å². The minimum absolute atomic E-state index is 0.337. The number of carboxylic acid groups (broad SMARTS) is 1. The Bertz CT molecular complexity index is 373. The molecule has 126 valence electrons. The van der Waals surface area contributed by atoms with Gasteiger partial charge in [0.2, 0.25) is 0 Å². The van der Waals surface area contributed by atoms with Crippen LogP contribution in [0.15, 0.2) is 17.5 Å². The van der Waals surface area contributed by atoms with E-state index in [4.69, 9.17) is 5.11 Å².